The molecule has 11 heteroatoms. The highest BCUT2D eigenvalue weighted by Gasteiger charge is 2.38. The molecule has 0 bridgehead atoms. The van der Waals surface area contributed by atoms with E-state index in [4.69, 9.17) is 4.74 Å². The van der Waals surface area contributed by atoms with Crippen molar-refractivity contribution in [3.05, 3.63) is 65.2 Å². The van der Waals surface area contributed by atoms with E-state index in [0.717, 1.165) is 16.9 Å². The van der Waals surface area contributed by atoms with Gasteiger partial charge in [0, 0.05) is 12.3 Å². The number of rotatable bonds is 4. The monoisotopic (exact) mass is 423 g/mol. The summed E-state index contributed by atoms with van der Waals surface area (Å²) in [4.78, 5) is 7.78. The maximum Gasteiger partial charge on any atom is 0.453 e. The van der Waals surface area contributed by atoms with E-state index < -0.39 is 23.6 Å². The third-order valence-corrected chi connectivity index (χ3v) is 4.53. The van der Waals surface area contributed by atoms with Gasteiger partial charge in [-0.05, 0) is 24.6 Å². The maximum absolute atomic E-state index is 13.6. The first-order valence-electron chi connectivity index (χ1n) is 8.66. The number of alkyl halides is 3. The summed E-state index contributed by atoms with van der Waals surface area (Å²) in [5.74, 6) is -3.13. The second kappa shape index (κ2) is 7.08. The van der Waals surface area contributed by atoms with Crippen LogP contribution in [0.25, 0.3) is 17.2 Å². The number of fused-ring (bicyclic) bond motifs is 1. The molecule has 0 spiro atoms. The van der Waals surface area contributed by atoms with Gasteiger partial charge in [-0.1, -0.05) is 12.1 Å². The first kappa shape index (κ1) is 19.8. The predicted molar refractivity (Wildman–Crippen MR) is 96.0 cm³/mol. The van der Waals surface area contributed by atoms with Gasteiger partial charge in [0.05, 0.1) is 19.3 Å². The summed E-state index contributed by atoms with van der Waals surface area (Å²) in [6.45, 7) is 1.49. The molecule has 3 aromatic heterocycles. The van der Waals surface area contributed by atoms with Crippen LogP contribution >= 0.6 is 0 Å². The summed E-state index contributed by atoms with van der Waals surface area (Å²) >= 11 is 0. The van der Waals surface area contributed by atoms with Crippen molar-refractivity contribution in [2.24, 2.45) is 0 Å². The van der Waals surface area contributed by atoms with Gasteiger partial charge in [0.15, 0.2) is 17.5 Å². The van der Waals surface area contributed by atoms with Crippen molar-refractivity contribution in [2.45, 2.75) is 19.6 Å². The van der Waals surface area contributed by atoms with Crippen LogP contribution in [0.15, 0.2) is 36.5 Å². The Balaban J connectivity index is 1.85. The van der Waals surface area contributed by atoms with Gasteiger partial charge in [-0.2, -0.15) is 13.2 Å². The lowest BCUT2D eigenvalue weighted by Crippen LogP contribution is -2.09. The van der Waals surface area contributed by atoms with Gasteiger partial charge in [0.2, 0.25) is 0 Å². The van der Waals surface area contributed by atoms with Crippen molar-refractivity contribution in [3.63, 3.8) is 0 Å². The predicted octanol–water partition coefficient (Wildman–Crippen LogP) is 4.26. The highest BCUT2D eigenvalue weighted by Crippen LogP contribution is 2.31. The number of pyridine rings is 1. The van der Waals surface area contributed by atoms with E-state index in [0.29, 0.717) is 17.0 Å². The van der Waals surface area contributed by atoms with Gasteiger partial charge in [-0.25, -0.2) is 23.4 Å². The van der Waals surface area contributed by atoms with Crippen molar-refractivity contribution in [1.29, 1.82) is 0 Å². The van der Waals surface area contributed by atoms with E-state index in [9.17, 15) is 22.0 Å². The van der Waals surface area contributed by atoms with Gasteiger partial charge in [0.25, 0.3) is 5.82 Å². The van der Waals surface area contributed by atoms with E-state index in [-0.39, 0.29) is 23.7 Å². The lowest BCUT2D eigenvalue weighted by atomic mass is 10.2. The summed E-state index contributed by atoms with van der Waals surface area (Å²) < 4.78 is 74.3. The Bertz CT molecular complexity index is 1230. The van der Waals surface area contributed by atoms with Crippen LogP contribution in [0, 0.1) is 18.6 Å². The van der Waals surface area contributed by atoms with Crippen LogP contribution < -0.4 is 4.74 Å². The second-order valence-electron chi connectivity index (χ2n) is 6.51. The molecule has 4 aromatic rings. The fourth-order valence-electron chi connectivity index (χ4n) is 3.02. The molecule has 3 heterocycles. The summed E-state index contributed by atoms with van der Waals surface area (Å²) in [5, 5.41) is 3.59. The molecule has 0 aliphatic heterocycles. The topological polar surface area (TPSA) is 57.2 Å². The fourth-order valence-corrected chi connectivity index (χ4v) is 3.02. The number of aromatic nitrogens is 5. The number of aryl methyl sites for hydroxylation is 1. The van der Waals surface area contributed by atoms with Crippen LogP contribution in [0.1, 0.15) is 17.1 Å². The molecule has 0 amide bonds. The van der Waals surface area contributed by atoms with Gasteiger partial charge in [-0.15, -0.1) is 5.10 Å². The Labute approximate surface area is 166 Å². The van der Waals surface area contributed by atoms with Gasteiger partial charge < -0.3 is 9.14 Å². The first-order chi connectivity index (χ1) is 14.2. The number of benzene rings is 1. The van der Waals surface area contributed by atoms with Crippen molar-refractivity contribution in [1.82, 2.24) is 24.1 Å². The van der Waals surface area contributed by atoms with Crippen LogP contribution in [0.4, 0.5) is 22.0 Å². The van der Waals surface area contributed by atoms with Crippen molar-refractivity contribution >= 4 is 5.65 Å². The zero-order chi connectivity index (χ0) is 21.6. The average Bonchev–Trinajstić information content (AvgIpc) is 3.24. The Morgan fingerprint density at radius 2 is 1.73 bits per heavy atom. The largest absolute Gasteiger partial charge is 0.497 e. The maximum atomic E-state index is 13.6. The van der Waals surface area contributed by atoms with Gasteiger partial charge in [0.1, 0.15) is 17.1 Å². The molecule has 0 saturated heterocycles. The molecule has 156 valence electrons. The molecule has 0 saturated carbocycles. The summed E-state index contributed by atoms with van der Waals surface area (Å²) in [6, 6.07) is 7.55. The number of ether oxygens (including phenoxy) is 1. The standard InChI is InChI=1S/C19H14F5N5O/c1-10-16(25-15-7-13(20)14(21)9-28(10)15)17-26-18(19(22,23)24)27-29(17)8-11-3-5-12(30-2)6-4-11/h3-7,9H,8H2,1-2H3. The van der Waals surface area contributed by atoms with Crippen molar-refractivity contribution in [3.8, 4) is 17.3 Å². The van der Waals surface area contributed by atoms with E-state index in [1.165, 1.54) is 18.4 Å². The second-order valence-corrected chi connectivity index (χ2v) is 6.51. The molecule has 0 aliphatic carbocycles. The quantitative estimate of drug-likeness (QED) is 0.461. The van der Waals surface area contributed by atoms with Crippen LogP contribution in [-0.4, -0.2) is 31.3 Å². The van der Waals surface area contributed by atoms with E-state index in [1.54, 1.807) is 24.3 Å². The van der Waals surface area contributed by atoms with Crippen LogP contribution in [0.5, 0.6) is 5.75 Å². The van der Waals surface area contributed by atoms with Gasteiger partial charge >= 0.3 is 6.18 Å². The molecular formula is C19H14F5N5O. The minimum Gasteiger partial charge on any atom is -0.497 e. The summed E-state index contributed by atoms with van der Waals surface area (Å²) in [6.07, 6.45) is -3.89. The number of methoxy groups -OCH3 is 1. The van der Waals surface area contributed by atoms with Crippen LogP contribution in [0.2, 0.25) is 0 Å². The smallest absolute Gasteiger partial charge is 0.453 e. The zero-order valence-electron chi connectivity index (χ0n) is 15.7. The lowest BCUT2D eigenvalue weighted by Gasteiger charge is -2.06. The Morgan fingerprint density at radius 3 is 2.37 bits per heavy atom. The third-order valence-electron chi connectivity index (χ3n) is 4.53. The number of imidazole rings is 1. The van der Waals surface area contributed by atoms with Gasteiger partial charge in [-0.3, -0.25) is 0 Å². The molecule has 0 aliphatic rings. The summed E-state index contributed by atoms with van der Waals surface area (Å²) in [5.41, 5.74) is 1.01. The molecule has 30 heavy (non-hydrogen) atoms. The van der Waals surface area contributed by atoms with Crippen LogP contribution in [0.3, 0.4) is 0 Å². The van der Waals surface area contributed by atoms with E-state index >= 15 is 0 Å². The molecule has 0 unspecified atom stereocenters. The third kappa shape index (κ3) is 3.46. The molecular weight excluding hydrogens is 409 g/mol. The zero-order valence-corrected chi connectivity index (χ0v) is 15.7. The first-order valence-corrected chi connectivity index (χ1v) is 8.66. The lowest BCUT2D eigenvalue weighted by molar-refractivity contribution is -0.144. The Morgan fingerprint density at radius 1 is 1.03 bits per heavy atom. The summed E-state index contributed by atoms with van der Waals surface area (Å²) in [7, 11) is 1.50. The number of nitrogens with zero attached hydrogens (tertiary/aromatic N) is 5. The number of halogens is 5. The molecule has 0 atom stereocenters. The fraction of sp³-hybridized carbons (Fsp3) is 0.211. The highest BCUT2D eigenvalue weighted by molar-refractivity contribution is 5.60. The normalized spacial score (nSPS) is 12.0. The molecule has 0 fully saturated rings. The van der Waals surface area contributed by atoms with E-state index in [2.05, 4.69) is 15.1 Å². The van der Waals surface area contributed by atoms with Crippen molar-refractivity contribution in [2.75, 3.05) is 7.11 Å². The minimum absolute atomic E-state index is 0.0293. The Kier molecular flexibility index (Phi) is 4.67. The van der Waals surface area contributed by atoms with Crippen molar-refractivity contribution < 1.29 is 26.7 Å². The SMILES string of the molecule is COc1ccc(Cn2nc(C(F)(F)F)nc2-c2nc3cc(F)c(F)cn3c2C)cc1. The minimum atomic E-state index is -4.77. The molecule has 0 N–H and O–H groups in total. The molecule has 6 nitrogen and oxygen atoms in total. The number of hydrogen-bond donors (Lipinski definition) is 0. The number of hydrogen-bond acceptors (Lipinski definition) is 4. The molecule has 4 rings (SSSR count). The van der Waals surface area contributed by atoms with Crippen LogP contribution in [-0.2, 0) is 12.7 Å². The Hall–Kier alpha value is -3.50. The highest BCUT2D eigenvalue weighted by atomic mass is 19.4. The molecule has 1 aromatic carbocycles. The average molecular weight is 423 g/mol. The van der Waals surface area contributed by atoms with E-state index in [1.807, 2.05) is 0 Å². The molecule has 0 radical (unpaired) electrons.